The Kier molecular flexibility index (Phi) is 6.20. The van der Waals surface area contributed by atoms with Crippen LogP contribution in [0, 0.1) is 6.92 Å². The predicted octanol–water partition coefficient (Wildman–Crippen LogP) is 4.06. The van der Waals surface area contributed by atoms with E-state index < -0.39 is 0 Å². The van der Waals surface area contributed by atoms with Crippen LogP contribution in [0.4, 0.5) is 4.79 Å². The fourth-order valence-corrected chi connectivity index (χ4v) is 4.03. The van der Waals surface area contributed by atoms with E-state index in [4.69, 9.17) is 4.74 Å². The number of methoxy groups -OCH3 is 1. The molecule has 166 valence electrons. The second-order valence-corrected chi connectivity index (χ2v) is 7.77. The molecular formula is C24H28N6O2. The van der Waals surface area contributed by atoms with Crippen LogP contribution in [0.3, 0.4) is 0 Å². The zero-order valence-electron chi connectivity index (χ0n) is 18.9. The Bertz CT molecular complexity index is 1250. The van der Waals surface area contributed by atoms with Crippen molar-refractivity contribution in [2.24, 2.45) is 0 Å². The van der Waals surface area contributed by atoms with Crippen LogP contribution in [0.2, 0.25) is 0 Å². The minimum atomic E-state index is -0.0316. The van der Waals surface area contributed by atoms with Gasteiger partial charge in [-0.05, 0) is 55.5 Å². The number of para-hydroxylation sites is 1. The second-order valence-electron chi connectivity index (χ2n) is 7.77. The van der Waals surface area contributed by atoms with Gasteiger partial charge in [0, 0.05) is 29.6 Å². The number of fused-ring (bicyclic) bond motifs is 3. The number of carbonyl (C=O) groups excluding carboxylic acids is 1. The highest BCUT2D eigenvalue weighted by Gasteiger charge is 2.23. The second kappa shape index (κ2) is 9.21. The molecule has 8 heteroatoms. The molecular weight excluding hydrogens is 404 g/mol. The molecule has 0 aliphatic heterocycles. The van der Waals surface area contributed by atoms with Crippen LogP contribution in [0.25, 0.3) is 16.6 Å². The van der Waals surface area contributed by atoms with Crippen molar-refractivity contribution in [1.82, 2.24) is 29.8 Å². The van der Waals surface area contributed by atoms with Gasteiger partial charge in [-0.2, -0.15) is 4.52 Å². The van der Waals surface area contributed by atoms with Crippen LogP contribution < -0.4 is 4.74 Å². The number of carbonyl (C=O) groups is 1. The quantitative estimate of drug-likeness (QED) is 0.440. The summed E-state index contributed by atoms with van der Waals surface area (Å²) in [5, 5.41) is 13.4. The summed E-state index contributed by atoms with van der Waals surface area (Å²) in [6, 6.07) is 16.0. The summed E-state index contributed by atoms with van der Waals surface area (Å²) in [6.45, 7) is 8.10. The molecule has 0 saturated carbocycles. The first-order valence-electron chi connectivity index (χ1n) is 10.8. The monoisotopic (exact) mass is 432 g/mol. The minimum absolute atomic E-state index is 0.0316. The molecule has 0 radical (unpaired) electrons. The number of rotatable bonds is 7. The first-order valence-corrected chi connectivity index (χ1v) is 10.8. The minimum Gasteiger partial charge on any atom is -0.496 e. The fourth-order valence-electron chi connectivity index (χ4n) is 4.03. The number of nitrogens with zero attached hydrogens (tertiary/aromatic N) is 6. The Labute approximate surface area is 187 Å². The number of hydrogen-bond donors (Lipinski definition) is 0. The molecule has 0 saturated heterocycles. The number of pyridine rings is 1. The van der Waals surface area contributed by atoms with Crippen molar-refractivity contribution < 1.29 is 9.53 Å². The molecule has 0 aliphatic carbocycles. The van der Waals surface area contributed by atoms with Gasteiger partial charge in [-0.25, -0.2) is 4.79 Å². The molecule has 0 spiro atoms. The first kappa shape index (κ1) is 21.5. The van der Waals surface area contributed by atoms with Gasteiger partial charge in [0.2, 0.25) is 0 Å². The van der Waals surface area contributed by atoms with Gasteiger partial charge in [0.15, 0.2) is 5.65 Å². The normalized spacial score (nSPS) is 11.1. The van der Waals surface area contributed by atoms with E-state index in [-0.39, 0.29) is 6.03 Å². The molecule has 4 rings (SSSR count). The van der Waals surface area contributed by atoms with Crippen molar-refractivity contribution in [3.05, 3.63) is 65.2 Å². The number of aryl methyl sites for hydroxylation is 1. The number of tetrazole rings is 1. The van der Waals surface area contributed by atoms with Crippen molar-refractivity contribution in [2.45, 2.75) is 33.9 Å². The molecule has 32 heavy (non-hydrogen) atoms. The molecule has 4 aromatic rings. The Morgan fingerprint density at radius 1 is 1.00 bits per heavy atom. The number of ether oxygens (including phenoxy) is 1. The molecule has 0 N–H and O–H groups in total. The molecule has 2 aromatic heterocycles. The first-order chi connectivity index (χ1) is 15.5. The third-order valence-corrected chi connectivity index (χ3v) is 5.72. The van der Waals surface area contributed by atoms with Gasteiger partial charge in [-0.15, -0.1) is 5.10 Å². The van der Waals surface area contributed by atoms with Crippen molar-refractivity contribution in [3.63, 3.8) is 0 Å². The summed E-state index contributed by atoms with van der Waals surface area (Å²) in [6.07, 6.45) is 0. The predicted molar refractivity (Wildman–Crippen MR) is 124 cm³/mol. The van der Waals surface area contributed by atoms with E-state index in [1.807, 2.05) is 60.0 Å². The van der Waals surface area contributed by atoms with Gasteiger partial charge in [0.25, 0.3) is 0 Å². The maximum atomic E-state index is 13.5. The molecule has 0 bridgehead atoms. The van der Waals surface area contributed by atoms with Crippen molar-refractivity contribution in [2.75, 3.05) is 20.2 Å². The van der Waals surface area contributed by atoms with E-state index in [1.54, 1.807) is 11.6 Å². The lowest BCUT2D eigenvalue weighted by atomic mass is 10.1. The standard InChI is InChI=1S/C24H28N6O2/c1-5-28(6-2)24(31)29(15-18-9-7-8-10-22(18)32-4)16-20-14-19-13-17(3)11-12-21(19)30-23(20)25-26-27-30/h7-14H,5-6,15-16H2,1-4H3. The largest absolute Gasteiger partial charge is 0.496 e. The maximum Gasteiger partial charge on any atom is 0.320 e. The van der Waals surface area contributed by atoms with Crippen LogP contribution in [0.1, 0.15) is 30.5 Å². The summed E-state index contributed by atoms with van der Waals surface area (Å²) in [7, 11) is 1.65. The van der Waals surface area contributed by atoms with Gasteiger partial charge in [0.05, 0.1) is 25.7 Å². The highest BCUT2D eigenvalue weighted by atomic mass is 16.5. The van der Waals surface area contributed by atoms with E-state index >= 15 is 0 Å². The van der Waals surface area contributed by atoms with Crippen molar-refractivity contribution >= 4 is 22.6 Å². The van der Waals surface area contributed by atoms with Crippen molar-refractivity contribution in [3.8, 4) is 5.75 Å². The SMILES string of the molecule is CCN(CC)C(=O)N(Cc1ccccc1OC)Cc1cc2cc(C)ccc2n2nnnc12. The molecule has 8 nitrogen and oxygen atoms in total. The molecule has 0 unspecified atom stereocenters. The molecule has 0 atom stereocenters. The zero-order chi connectivity index (χ0) is 22.7. The summed E-state index contributed by atoms with van der Waals surface area (Å²) < 4.78 is 7.27. The van der Waals surface area contributed by atoms with E-state index in [1.165, 1.54) is 0 Å². The lowest BCUT2D eigenvalue weighted by Gasteiger charge is -2.30. The highest BCUT2D eigenvalue weighted by Crippen LogP contribution is 2.25. The third kappa shape index (κ3) is 4.08. The number of urea groups is 1. The van der Waals surface area contributed by atoms with Gasteiger partial charge in [-0.1, -0.05) is 29.8 Å². The van der Waals surface area contributed by atoms with Crippen LogP contribution in [-0.4, -0.2) is 56.1 Å². The van der Waals surface area contributed by atoms with E-state index in [0.29, 0.717) is 31.8 Å². The van der Waals surface area contributed by atoms with E-state index in [9.17, 15) is 4.79 Å². The van der Waals surface area contributed by atoms with E-state index in [2.05, 4.69) is 34.6 Å². The zero-order valence-corrected chi connectivity index (χ0v) is 18.9. The van der Waals surface area contributed by atoms with Crippen molar-refractivity contribution in [1.29, 1.82) is 0 Å². The number of amides is 2. The Morgan fingerprint density at radius 2 is 1.75 bits per heavy atom. The average Bonchev–Trinajstić information content (AvgIpc) is 3.30. The Morgan fingerprint density at radius 3 is 2.50 bits per heavy atom. The molecule has 0 fully saturated rings. The Balaban J connectivity index is 1.78. The van der Waals surface area contributed by atoms with Gasteiger partial charge in [-0.3, -0.25) is 0 Å². The molecule has 2 heterocycles. The lowest BCUT2D eigenvalue weighted by Crippen LogP contribution is -2.42. The molecule has 2 aromatic carbocycles. The van der Waals surface area contributed by atoms with Crippen LogP contribution in [0.5, 0.6) is 5.75 Å². The number of hydrogen-bond acceptors (Lipinski definition) is 5. The lowest BCUT2D eigenvalue weighted by molar-refractivity contribution is 0.151. The maximum absolute atomic E-state index is 13.5. The van der Waals surface area contributed by atoms with Gasteiger partial charge >= 0.3 is 6.03 Å². The summed E-state index contributed by atoms with van der Waals surface area (Å²) in [4.78, 5) is 17.1. The topological polar surface area (TPSA) is 75.9 Å². The van der Waals surface area contributed by atoms with Crippen LogP contribution in [0.15, 0.2) is 48.5 Å². The Hall–Kier alpha value is -3.68. The van der Waals surface area contributed by atoms with Crippen LogP contribution >= 0.6 is 0 Å². The van der Waals surface area contributed by atoms with Crippen LogP contribution in [-0.2, 0) is 13.1 Å². The number of benzene rings is 2. The summed E-state index contributed by atoms with van der Waals surface area (Å²) in [5.41, 5.74) is 4.58. The molecule has 2 amide bonds. The van der Waals surface area contributed by atoms with E-state index in [0.717, 1.165) is 33.3 Å². The van der Waals surface area contributed by atoms with Gasteiger partial charge in [0.1, 0.15) is 5.75 Å². The van der Waals surface area contributed by atoms with Gasteiger partial charge < -0.3 is 14.5 Å². The smallest absolute Gasteiger partial charge is 0.320 e. The highest BCUT2D eigenvalue weighted by molar-refractivity contribution is 5.84. The average molecular weight is 433 g/mol. The third-order valence-electron chi connectivity index (χ3n) is 5.72. The fraction of sp³-hybridized carbons (Fsp3) is 0.333. The summed E-state index contributed by atoms with van der Waals surface area (Å²) in [5.74, 6) is 0.758. The summed E-state index contributed by atoms with van der Waals surface area (Å²) >= 11 is 0. The number of aromatic nitrogens is 4. The molecule has 0 aliphatic rings.